The SMILES string of the molecule is Cc1ccc(-c2cc(-c3c(O)[n+](Cc4cnc(C)s4)c4c(C)cccn4c3=O)ccc2Cl)c(C)c1. The first-order chi connectivity index (χ1) is 16.7. The molecular weight excluding hydrogens is 478 g/mol. The maximum Gasteiger partial charge on any atom is 0.354 e. The molecule has 5 rings (SSSR count). The fraction of sp³-hybridized carbons (Fsp3) is 0.179. The lowest BCUT2D eigenvalue weighted by Crippen LogP contribution is -2.41. The normalized spacial score (nSPS) is 11.3. The van der Waals surface area contributed by atoms with Crippen LogP contribution in [0, 0.1) is 27.7 Å². The molecule has 0 atom stereocenters. The predicted octanol–water partition coefficient (Wildman–Crippen LogP) is 6.02. The zero-order valence-electron chi connectivity index (χ0n) is 20.0. The highest BCUT2D eigenvalue weighted by Crippen LogP contribution is 2.35. The van der Waals surface area contributed by atoms with Crippen molar-refractivity contribution in [1.29, 1.82) is 0 Å². The number of hydrogen-bond acceptors (Lipinski definition) is 4. The molecule has 35 heavy (non-hydrogen) atoms. The van der Waals surface area contributed by atoms with Gasteiger partial charge in [-0.05, 0) is 68.7 Å². The maximum absolute atomic E-state index is 13.7. The molecule has 0 aliphatic carbocycles. The molecule has 0 aliphatic heterocycles. The standard InChI is InChI=1S/C28H24ClN3O2S/c1-16-7-9-22(18(3)12-16)23-13-20(8-10-24(23)29)25-27(33)31-11-5-6-17(2)26(31)32(28(25)34)15-21-14-30-19(4)35-21/h5-14H,15H2,1-4H3/p+1. The second kappa shape index (κ2) is 8.95. The molecule has 7 heteroatoms. The molecular formula is C28H25ClN3O2S+. The number of rotatable bonds is 4. The lowest BCUT2D eigenvalue weighted by Gasteiger charge is -2.13. The minimum absolute atomic E-state index is 0.0794. The Balaban J connectivity index is 1.78. The third-order valence-corrected chi connectivity index (χ3v) is 7.47. The van der Waals surface area contributed by atoms with Gasteiger partial charge in [0.2, 0.25) is 0 Å². The van der Waals surface area contributed by atoms with Crippen LogP contribution in [0.15, 0.2) is 65.7 Å². The molecule has 3 aromatic heterocycles. The van der Waals surface area contributed by atoms with Gasteiger partial charge in [0, 0.05) is 22.3 Å². The Morgan fingerprint density at radius 2 is 1.83 bits per heavy atom. The van der Waals surface area contributed by atoms with E-state index in [9.17, 15) is 9.90 Å². The van der Waals surface area contributed by atoms with Crippen LogP contribution in [0.4, 0.5) is 0 Å². The number of halogens is 1. The summed E-state index contributed by atoms with van der Waals surface area (Å²) in [6.07, 6.45) is 3.55. The zero-order chi connectivity index (χ0) is 24.9. The van der Waals surface area contributed by atoms with Crippen LogP contribution in [0.3, 0.4) is 0 Å². The van der Waals surface area contributed by atoms with Crippen molar-refractivity contribution in [3.63, 3.8) is 0 Å². The number of aryl methyl sites for hydroxylation is 4. The maximum atomic E-state index is 13.7. The van der Waals surface area contributed by atoms with Crippen LogP contribution in [0.2, 0.25) is 5.02 Å². The Hall–Kier alpha value is -3.48. The summed E-state index contributed by atoms with van der Waals surface area (Å²) in [6, 6.07) is 15.4. The van der Waals surface area contributed by atoms with Crippen LogP contribution in [0.5, 0.6) is 5.88 Å². The highest BCUT2D eigenvalue weighted by molar-refractivity contribution is 7.11. The molecule has 0 radical (unpaired) electrons. The summed E-state index contributed by atoms with van der Waals surface area (Å²) >= 11 is 8.18. The van der Waals surface area contributed by atoms with Crippen molar-refractivity contribution < 1.29 is 9.67 Å². The van der Waals surface area contributed by atoms with Crippen molar-refractivity contribution in [2.45, 2.75) is 34.2 Å². The van der Waals surface area contributed by atoms with E-state index in [1.807, 2.05) is 64.2 Å². The van der Waals surface area contributed by atoms with E-state index in [1.54, 1.807) is 38.6 Å². The highest BCUT2D eigenvalue weighted by Gasteiger charge is 2.27. The van der Waals surface area contributed by atoms with Gasteiger partial charge >= 0.3 is 5.56 Å². The van der Waals surface area contributed by atoms with Gasteiger partial charge in [-0.25, -0.2) is 9.78 Å². The van der Waals surface area contributed by atoms with E-state index in [0.717, 1.165) is 32.1 Å². The van der Waals surface area contributed by atoms with Crippen LogP contribution in [-0.4, -0.2) is 14.5 Å². The van der Waals surface area contributed by atoms with Gasteiger partial charge in [0.25, 0.3) is 11.5 Å². The van der Waals surface area contributed by atoms with Crippen LogP contribution in [-0.2, 0) is 6.54 Å². The minimum Gasteiger partial charge on any atom is -0.477 e. The van der Waals surface area contributed by atoms with Crippen molar-refractivity contribution in [2.75, 3.05) is 0 Å². The van der Waals surface area contributed by atoms with E-state index in [4.69, 9.17) is 11.6 Å². The van der Waals surface area contributed by atoms with E-state index in [1.165, 1.54) is 5.56 Å². The number of aromatic nitrogens is 3. The molecule has 3 heterocycles. The molecule has 5 nitrogen and oxygen atoms in total. The van der Waals surface area contributed by atoms with E-state index < -0.39 is 0 Å². The molecule has 0 spiro atoms. The van der Waals surface area contributed by atoms with Gasteiger partial charge < -0.3 is 5.11 Å². The molecule has 0 unspecified atom stereocenters. The van der Waals surface area contributed by atoms with Gasteiger partial charge in [0.15, 0.2) is 5.56 Å². The van der Waals surface area contributed by atoms with Gasteiger partial charge in [-0.15, -0.1) is 11.3 Å². The van der Waals surface area contributed by atoms with Crippen molar-refractivity contribution in [3.8, 4) is 28.1 Å². The average Bonchev–Trinajstić information content (AvgIpc) is 3.23. The van der Waals surface area contributed by atoms with Gasteiger partial charge in [-0.3, -0.25) is 0 Å². The minimum atomic E-state index is -0.285. The number of pyridine rings is 1. The monoisotopic (exact) mass is 502 g/mol. The quantitative estimate of drug-likeness (QED) is 0.306. The molecule has 0 bridgehead atoms. The molecule has 5 aromatic rings. The smallest absolute Gasteiger partial charge is 0.354 e. The van der Waals surface area contributed by atoms with Gasteiger partial charge in [0.1, 0.15) is 6.54 Å². The molecule has 0 amide bonds. The molecule has 1 N–H and O–H groups in total. The molecule has 176 valence electrons. The molecule has 0 aliphatic rings. The van der Waals surface area contributed by atoms with E-state index in [-0.39, 0.29) is 17.0 Å². The second-order valence-corrected chi connectivity index (χ2v) is 10.6. The van der Waals surface area contributed by atoms with Crippen molar-refractivity contribution >= 4 is 28.6 Å². The van der Waals surface area contributed by atoms with Crippen LogP contribution < -0.4 is 10.1 Å². The summed E-state index contributed by atoms with van der Waals surface area (Å²) in [7, 11) is 0. The molecule has 0 fully saturated rings. The lowest BCUT2D eigenvalue weighted by molar-refractivity contribution is -0.671. The van der Waals surface area contributed by atoms with Crippen molar-refractivity contribution in [2.24, 2.45) is 0 Å². The Labute approximate surface area is 212 Å². The Morgan fingerprint density at radius 3 is 2.54 bits per heavy atom. The van der Waals surface area contributed by atoms with Gasteiger partial charge in [-0.1, -0.05) is 41.4 Å². The number of aromatic hydroxyl groups is 1. The molecule has 2 aromatic carbocycles. The average molecular weight is 503 g/mol. The Kier molecular flexibility index (Phi) is 5.95. The third-order valence-electron chi connectivity index (χ3n) is 6.24. The van der Waals surface area contributed by atoms with Crippen molar-refractivity contribution in [1.82, 2.24) is 9.38 Å². The first kappa shape index (κ1) is 23.3. The second-order valence-electron chi connectivity index (χ2n) is 8.83. The third kappa shape index (κ3) is 4.13. The first-order valence-corrected chi connectivity index (χ1v) is 12.5. The highest BCUT2D eigenvalue weighted by atomic mass is 35.5. The topological polar surface area (TPSA) is 58.5 Å². The van der Waals surface area contributed by atoms with Crippen LogP contribution in [0.1, 0.15) is 26.6 Å². The number of nitrogens with zero attached hydrogens (tertiary/aromatic N) is 3. The van der Waals surface area contributed by atoms with E-state index in [0.29, 0.717) is 22.8 Å². The number of hydrogen-bond donors (Lipinski definition) is 1. The molecule has 0 saturated carbocycles. The number of benzene rings is 2. The summed E-state index contributed by atoms with van der Waals surface area (Å²) in [5.41, 5.74) is 6.16. The summed E-state index contributed by atoms with van der Waals surface area (Å²) in [5.74, 6) is -0.0794. The largest absolute Gasteiger partial charge is 0.477 e. The van der Waals surface area contributed by atoms with Crippen LogP contribution in [0.25, 0.3) is 27.9 Å². The van der Waals surface area contributed by atoms with Gasteiger partial charge in [0.05, 0.1) is 16.1 Å². The zero-order valence-corrected chi connectivity index (χ0v) is 21.5. The fourth-order valence-corrected chi connectivity index (χ4v) is 5.61. The first-order valence-electron chi connectivity index (χ1n) is 11.3. The van der Waals surface area contributed by atoms with Gasteiger partial charge in [-0.2, -0.15) is 8.97 Å². The number of fused-ring (bicyclic) bond motifs is 1. The summed E-state index contributed by atoms with van der Waals surface area (Å²) in [6.45, 7) is 8.38. The summed E-state index contributed by atoms with van der Waals surface area (Å²) in [5, 5.41) is 13.1. The summed E-state index contributed by atoms with van der Waals surface area (Å²) < 4.78 is 3.38. The van der Waals surface area contributed by atoms with Crippen LogP contribution >= 0.6 is 22.9 Å². The predicted molar refractivity (Wildman–Crippen MR) is 142 cm³/mol. The Bertz CT molecular complexity index is 1670. The van der Waals surface area contributed by atoms with E-state index in [2.05, 4.69) is 11.1 Å². The van der Waals surface area contributed by atoms with E-state index >= 15 is 0 Å². The lowest BCUT2D eigenvalue weighted by atomic mass is 9.95. The van der Waals surface area contributed by atoms with Crippen molar-refractivity contribution in [3.05, 3.63) is 103 Å². The summed E-state index contributed by atoms with van der Waals surface area (Å²) in [4.78, 5) is 19.0. The number of thiazole rings is 1. The Morgan fingerprint density at radius 1 is 1.03 bits per heavy atom. The molecule has 0 saturated heterocycles. The fourth-order valence-electron chi connectivity index (χ4n) is 4.61.